The van der Waals surface area contributed by atoms with Gasteiger partial charge in [0.05, 0.1) is 0 Å². The summed E-state index contributed by atoms with van der Waals surface area (Å²) in [4.78, 5) is 10.4. The van der Waals surface area contributed by atoms with Crippen LogP contribution in [0.3, 0.4) is 0 Å². The second-order valence-electron chi connectivity index (χ2n) is 2.22. The van der Waals surface area contributed by atoms with Crippen molar-refractivity contribution in [2.45, 2.75) is 6.29 Å². The van der Waals surface area contributed by atoms with E-state index in [-0.39, 0.29) is 13.2 Å². The van der Waals surface area contributed by atoms with Crippen molar-refractivity contribution < 1.29 is 23.4 Å². The van der Waals surface area contributed by atoms with Crippen molar-refractivity contribution in [3.05, 3.63) is 11.2 Å². The lowest BCUT2D eigenvalue weighted by atomic mass is 10.6. The molecule has 0 aromatic rings. The number of ether oxygens (including phenoxy) is 3. The van der Waals surface area contributed by atoms with Crippen molar-refractivity contribution in [2.75, 3.05) is 19.5 Å². The number of carbonyl (C=O) groups is 1. The van der Waals surface area contributed by atoms with Crippen LogP contribution in [0.2, 0.25) is 0 Å². The lowest BCUT2D eigenvalue weighted by molar-refractivity contribution is -0.0720. The molecule has 1 aliphatic heterocycles. The number of halogens is 1. The number of hydrogen-bond acceptors (Lipinski definition) is 5. The van der Waals surface area contributed by atoms with Gasteiger partial charge in [-0.05, 0) is 6.26 Å². The van der Waals surface area contributed by atoms with Crippen LogP contribution in [-0.2, 0) is 14.2 Å². The average molecular weight is 208 g/mol. The van der Waals surface area contributed by atoms with Crippen LogP contribution in [0.15, 0.2) is 11.2 Å². The molecule has 0 aliphatic carbocycles. The summed E-state index contributed by atoms with van der Waals surface area (Å²) in [5, 5.41) is 1.32. The molecule has 0 aromatic carbocycles. The smallest absolute Gasteiger partial charge is 0.428 e. The molecule has 1 atom stereocenters. The van der Waals surface area contributed by atoms with E-state index >= 15 is 0 Å². The lowest BCUT2D eigenvalue weighted by Crippen LogP contribution is -2.15. The van der Waals surface area contributed by atoms with E-state index in [1.807, 2.05) is 0 Å². The summed E-state index contributed by atoms with van der Waals surface area (Å²) < 4.78 is 26.5. The highest BCUT2D eigenvalue weighted by Gasteiger charge is 2.25. The van der Waals surface area contributed by atoms with Crippen LogP contribution in [0.1, 0.15) is 0 Å². The van der Waals surface area contributed by atoms with Gasteiger partial charge in [-0.3, -0.25) is 0 Å². The molecular weight excluding hydrogens is 199 g/mol. The summed E-state index contributed by atoms with van der Waals surface area (Å²) in [6.07, 6.45) is 0.172. The molecule has 0 aromatic heterocycles. The Kier molecular flexibility index (Phi) is 4.04. The molecule has 0 bridgehead atoms. The second-order valence-corrected chi connectivity index (χ2v) is 2.93. The Bertz CT molecular complexity index is 219. The fraction of sp³-hybridized carbons (Fsp3) is 0.571. The normalized spacial score (nSPS) is 22.8. The molecule has 13 heavy (non-hydrogen) atoms. The van der Waals surface area contributed by atoms with Gasteiger partial charge in [0.2, 0.25) is 6.29 Å². The number of rotatable bonds is 4. The average Bonchev–Trinajstić information content (AvgIpc) is 2.49. The Morgan fingerprint density at radius 1 is 1.92 bits per heavy atom. The highest BCUT2D eigenvalue weighted by atomic mass is 32.2. The molecule has 1 fully saturated rings. The molecule has 0 amide bonds. The summed E-state index contributed by atoms with van der Waals surface area (Å²) >= 11 is 1.24. The van der Waals surface area contributed by atoms with Gasteiger partial charge < -0.3 is 14.2 Å². The SMILES string of the molecule is CS/C=C(/F)COC1COC(=O)O1. The van der Waals surface area contributed by atoms with Crippen molar-refractivity contribution in [3.8, 4) is 0 Å². The van der Waals surface area contributed by atoms with Gasteiger partial charge in [0.1, 0.15) is 12.4 Å². The first kappa shape index (κ1) is 10.3. The topological polar surface area (TPSA) is 44.8 Å². The minimum atomic E-state index is -0.784. The molecule has 1 rings (SSSR count). The van der Waals surface area contributed by atoms with E-state index in [0.717, 1.165) is 0 Å². The van der Waals surface area contributed by atoms with Gasteiger partial charge in [-0.15, -0.1) is 11.8 Å². The van der Waals surface area contributed by atoms with E-state index in [2.05, 4.69) is 9.47 Å². The summed E-state index contributed by atoms with van der Waals surface area (Å²) in [7, 11) is 0. The molecule has 0 saturated carbocycles. The third-order valence-corrected chi connectivity index (χ3v) is 1.71. The van der Waals surface area contributed by atoms with Gasteiger partial charge in [0, 0.05) is 5.41 Å². The van der Waals surface area contributed by atoms with Crippen LogP contribution < -0.4 is 0 Å². The highest BCUT2D eigenvalue weighted by Crippen LogP contribution is 2.11. The van der Waals surface area contributed by atoms with Crippen molar-refractivity contribution in [1.29, 1.82) is 0 Å². The van der Waals surface area contributed by atoms with E-state index in [1.54, 1.807) is 6.26 Å². The van der Waals surface area contributed by atoms with Gasteiger partial charge in [-0.25, -0.2) is 9.18 Å². The molecule has 0 spiro atoms. The Hall–Kier alpha value is -0.750. The maximum Gasteiger partial charge on any atom is 0.510 e. The Balaban J connectivity index is 2.19. The third kappa shape index (κ3) is 3.65. The maximum absolute atomic E-state index is 12.7. The molecule has 1 unspecified atom stereocenters. The van der Waals surface area contributed by atoms with Crippen LogP contribution >= 0.6 is 11.8 Å². The van der Waals surface area contributed by atoms with Crippen molar-refractivity contribution in [3.63, 3.8) is 0 Å². The summed E-state index contributed by atoms with van der Waals surface area (Å²) in [5.41, 5.74) is 0. The van der Waals surface area contributed by atoms with Gasteiger partial charge in [-0.1, -0.05) is 0 Å². The van der Waals surface area contributed by atoms with Crippen LogP contribution in [0.5, 0.6) is 0 Å². The van der Waals surface area contributed by atoms with Gasteiger partial charge in [-0.2, -0.15) is 0 Å². The van der Waals surface area contributed by atoms with E-state index in [1.165, 1.54) is 17.2 Å². The van der Waals surface area contributed by atoms with Gasteiger partial charge >= 0.3 is 6.16 Å². The fourth-order valence-corrected chi connectivity index (χ4v) is 1.05. The molecule has 0 N–H and O–H groups in total. The lowest BCUT2D eigenvalue weighted by Gasteiger charge is -2.05. The quantitative estimate of drug-likeness (QED) is 0.657. The first-order valence-electron chi connectivity index (χ1n) is 3.54. The summed E-state index contributed by atoms with van der Waals surface area (Å²) in [6, 6.07) is 0. The number of hydrogen-bond donors (Lipinski definition) is 0. The summed E-state index contributed by atoms with van der Waals surface area (Å²) in [5.74, 6) is -0.407. The minimum absolute atomic E-state index is 0.0192. The van der Waals surface area contributed by atoms with E-state index < -0.39 is 18.3 Å². The largest absolute Gasteiger partial charge is 0.510 e. The first-order chi connectivity index (χ1) is 6.22. The zero-order chi connectivity index (χ0) is 9.68. The number of carbonyl (C=O) groups excluding carboxylic acids is 1. The molecule has 1 heterocycles. The summed E-state index contributed by atoms with van der Waals surface area (Å²) in [6.45, 7) is -0.187. The number of cyclic esters (lactones) is 2. The van der Waals surface area contributed by atoms with Crippen molar-refractivity contribution in [1.82, 2.24) is 0 Å². The standard InChI is InChI=1S/C7H9FO4S/c1-13-4-5(8)2-10-6-3-11-7(9)12-6/h4,6H,2-3H2,1H3/b5-4+. The second kappa shape index (κ2) is 5.08. The molecule has 1 saturated heterocycles. The predicted octanol–water partition coefficient (Wildman–Crippen LogP) is 1.67. The van der Waals surface area contributed by atoms with Crippen molar-refractivity contribution in [2.24, 2.45) is 0 Å². The van der Waals surface area contributed by atoms with Gasteiger partial charge in [0.25, 0.3) is 0 Å². The maximum atomic E-state index is 12.7. The predicted molar refractivity (Wildman–Crippen MR) is 44.9 cm³/mol. The van der Waals surface area contributed by atoms with E-state index in [4.69, 9.17) is 4.74 Å². The third-order valence-electron chi connectivity index (χ3n) is 1.22. The van der Waals surface area contributed by atoms with Crippen LogP contribution in [0, 0.1) is 0 Å². The molecule has 1 aliphatic rings. The molecule has 6 heteroatoms. The van der Waals surface area contributed by atoms with Gasteiger partial charge in [0.15, 0.2) is 6.61 Å². The van der Waals surface area contributed by atoms with Crippen LogP contribution in [0.25, 0.3) is 0 Å². The van der Waals surface area contributed by atoms with E-state index in [9.17, 15) is 9.18 Å². The Morgan fingerprint density at radius 2 is 2.69 bits per heavy atom. The zero-order valence-electron chi connectivity index (χ0n) is 6.99. The highest BCUT2D eigenvalue weighted by molar-refractivity contribution is 8.01. The molecular formula is C7H9FO4S. The Labute approximate surface area is 79.0 Å². The van der Waals surface area contributed by atoms with E-state index in [0.29, 0.717) is 0 Å². The molecule has 0 radical (unpaired) electrons. The molecule has 4 nitrogen and oxygen atoms in total. The first-order valence-corrected chi connectivity index (χ1v) is 4.83. The zero-order valence-corrected chi connectivity index (χ0v) is 7.80. The van der Waals surface area contributed by atoms with Crippen LogP contribution in [-0.4, -0.2) is 31.9 Å². The van der Waals surface area contributed by atoms with Crippen LogP contribution in [0.4, 0.5) is 9.18 Å². The fourth-order valence-electron chi connectivity index (χ4n) is 0.728. The minimum Gasteiger partial charge on any atom is -0.428 e. The monoisotopic (exact) mass is 208 g/mol. The van der Waals surface area contributed by atoms with Crippen molar-refractivity contribution >= 4 is 17.9 Å². The number of thioether (sulfide) groups is 1. The molecule has 74 valence electrons. The Morgan fingerprint density at radius 3 is 3.23 bits per heavy atom.